The Kier molecular flexibility index (Phi) is 4.96. The molecule has 0 aromatic heterocycles. The average molecular weight is 289 g/mol. The molecule has 0 aromatic rings. The molecule has 0 saturated heterocycles. The number of aliphatic carboxylic acids is 3. The number of nitrogens with zero attached hydrogens (tertiary/aromatic N) is 1. The molecular weight excluding hydrogens is 279 g/mol. The van der Waals surface area contributed by atoms with Gasteiger partial charge in [0.25, 0.3) is 0 Å². The normalized spacial score (nSPS) is 9.75. The van der Waals surface area contributed by atoms with E-state index in [1.165, 1.54) is 0 Å². The SMILES string of the molecule is O=C(O)[CH2][Zn]([CH2]C(=O)O)([CH2]C(=O)O)[N+](=O)[O-]. The molecule has 10 heteroatoms. The number of carbonyl (C=O) groups is 3. The summed E-state index contributed by atoms with van der Waals surface area (Å²) in [5.41, 5.74) is 0. The van der Waals surface area contributed by atoms with E-state index in [2.05, 4.69) is 0 Å². The Bertz CT molecular complexity index is 299. The van der Waals surface area contributed by atoms with Crippen LogP contribution in [0.3, 0.4) is 0 Å². The maximum atomic E-state index is 10.7. The van der Waals surface area contributed by atoms with Gasteiger partial charge in [-0.3, -0.25) is 0 Å². The zero-order valence-electron chi connectivity index (χ0n) is 8.16. The first-order chi connectivity index (χ1) is 7.19. The number of hydrogen-bond acceptors (Lipinski definition) is 5. The molecule has 0 heterocycles. The minimum absolute atomic E-state index is 0.935. The van der Waals surface area contributed by atoms with Crippen molar-refractivity contribution in [2.45, 2.75) is 15.0 Å². The number of carboxylic acid groups (broad SMARTS) is 3. The second-order valence-electron chi connectivity index (χ2n) is 4.00. The number of carboxylic acids is 3. The molecule has 0 fully saturated rings. The third kappa shape index (κ3) is 4.30. The van der Waals surface area contributed by atoms with Crippen molar-refractivity contribution in [1.29, 1.82) is 0 Å². The fourth-order valence-corrected chi connectivity index (χ4v) is 9.01. The van der Waals surface area contributed by atoms with E-state index in [-0.39, 0.29) is 0 Å². The summed E-state index contributed by atoms with van der Waals surface area (Å²) in [7, 11) is 0. The molecule has 9 nitrogen and oxygen atoms in total. The van der Waals surface area contributed by atoms with Crippen LogP contribution in [0.25, 0.3) is 0 Å². The van der Waals surface area contributed by atoms with Crippen molar-refractivity contribution in [3.8, 4) is 0 Å². The second-order valence-corrected chi connectivity index (χ2v) is 15.5. The van der Waals surface area contributed by atoms with E-state index in [0.29, 0.717) is 0 Å². The van der Waals surface area contributed by atoms with Crippen LogP contribution in [0, 0.1) is 10.1 Å². The summed E-state index contributed by atoms with van der Waals surface area (Å²) in [6.07, 6.45) is 0. The molecule has 0 amide bonds. The first-order valence-electron chi connectivity index (χ1n) is 4.53. The van der Waals surface area contributed by atoms with Gasteiger partial charge in [-0.05, 0) is 0 Å². The fourth-order valence-electron chi connectivity index (χ4n) is 1.73. The molecule has 0 bridgehead atoms. The topological polar surface area (TPSA) is 155 Å². The van der Waals surface area contributed by atoms with Crippen molar-refractivity contribution >= 4 is 17.9 Å². The van der Waals surface area contributed by atoms with Crippen molar-refractivity contribution in [3.05, 3.63) is 10.1 Å². The van der Waals surface area contributed by atoms with Crippen LogP contribution in [0.5, 0.6) is 0 Å². The van der Waals surface area contributed by atoms with Gasteiger partial charge in [0.1, 0.15) is 0 Å². The van der Waals surface area contributed by atoms with Crippen molar-refractivity contribution in [2.24, 2.45) is 0 Å². The molecule has 16 heavy (non-hydrogen) atoms. The Balaban J connectivity index is 5.19. The van der Waals surface area contributed by atoms with Crippen LogP contribution in [0.2, 0.25) is 15.0 Å². The summed E-state index contributed by atoms with van der Waals surface area (Å²) in [4.78, 5) is 42.1. The first kappa shape index (κ1) is 14.4. The number of rotatable bonds is 7. The van der Waals surface area contributed by atoms with E-state index >= 15 is 0 Å². The second kappa shape index (κ2) is 5.50. The Morgan fingerprint density at radius 1 is 0.938 bits per heavy atom. The van der Waals surface area contributed by atoms with Crippen molar-refractivity contribution in [1.82, 2.24) is 0 Å². The van der Waals surface area contributed by atoms with Gasteiger partial charge in [0, 0.05) is 0 Å². The van der Waals surface area contributed by atoms with E-state index < -0.39 is 51.6 Å². The third-order valence-corrected chi connectivity index (χ3v) is 13.4. The van der Waals surface area contributed by atoms with Gasteiger partial charge in [0.05, 0.1) is 0 Å². The fraction of sp³-hybridized carbons (Fsp3) is 0.500. The average Bonchev–Trinajstić information content (AvgIpc) is 1.98. The van der Waals surface area contributed by atoms with Crippen LogP contribution in [-0.4, -0.2) is 36.9 Å². The summed E-state index contributed by atoms with van der Waals surface area (Å²) in [5, 5.41) is 33.4. The molecule has 88 valence electrons. The van der Waals surface area contributed by atoms with Gasteiger partial charge >= 0.3 is 91.5 Å². The Labute approximate surface area is 91.9 Å². The standard InChI is InChI=1S/3C2H3O2.NO2.Zn/c3*1-2(3)4;2-1-3;/h3*1H2,(H,3,4);;. The van der Waals surface area contributed by atoms with Crippen LogP contribution in [-0.2, 0) is 29.4 Å². The van der Waals surface area contributed by atoms with Gasteiger partial charge in [-0.1, -0.05) is 0 Å². The summed E-state index contributed by atoms with van der Waals surface area (Å²) in [5.74, 6) is -4.59. The molecule has 0 unspecified atom stereocenters. The molecule has 0 aromatic carbocycles. The van der Waals surface area contributed by atoms with Crippen molar-refractivity contribution in [3.63, 3.8) is 0 Å². The summed E-state index contributed by atoms with van der Waals surface area (Å²) < 4.78 is -0.945. The van der Waals surface area contributed by atoms with Gasteiger partial charge in [-0.25, -0.2) is 0 Å². The third-order valence-electron chi connectivity index (χ3n) is 2.59. The van der Waals surface area contributed by atoms with Crippen molar-refractivity contribution < 1.29 is 48.4 Å². The molecule has 0 rings (SSSR count). The van der Waals surface area contributed by atoms with Gasteiger partial charge in [0.2, 0.25) is 0 Å². The van der Waals surface area contributed by atoms with Crippen LogP contribution >= 0.6 is 0 Å². The molecule has 0 aliphatic rings. The van der Waals surface area contributed by atoms with Gasteiger partial charge in [-0.15, -0.1) is 0 Å². The molecule has 0 atom stereocenters. The predicted molar refractivity (Wildman–Crippen MR) is 44.3 cm³/mol. The summed E-state index contributed by atoms with van der Waals surface area (Å²) in [6.45, 7) is 0. The van der Waals surface area contributed by atoms with Crippen molar-refractivity contribution in [2.75, 3.05) is 0 Å². The van der Waals surface area contributed by atoms with E-state index in [9.17, 15) is 24.5 Å². The maximum absolute atomic E-state index is 10.7. The molecular formula is C6H9NO8Zn. The molecule has 0 aliphatic carbocycles. The first-order valence-corrected chi connectivity index (χ1v) is 12.1. The molecule has 0 aliphatic heterocycles. The Morgan fingerprint density at radius 3 is 1.31 bits per heavy atom. The number of nitro groups is 1. The van der Waals surface area contributed by atoms with E-state index in [4.69, 9.17) is 15.3 Å². The zero-order chi connectivity index (χ0) is 12.9. The van der Waals surface area contributed by atoms with E-state index in [1.54, 1.807) is 0 Å². The zero-order valence-corrected chi connectivity index (χ0v) is 11.1. The quantitative estimate of drug-likeness (QED) is 0.331. The van der Waals surface area contributed by atoms with Crippen LogP contribution in [0.4, 0.5) is 0 Å². The molecule has 0 saturated carbocycles. The minimum atomic E-state index is -5.07. The molecule has 3 N–H and O–H groups in total. The molecule has 0 spiro atoms. The van der Waals surface area contributed by atoms with Crippen LogP contribution in [0.15, 0.2) is 0 Å². The summed E-state index contributed by atoms with van der Waals surface area (Å²) >= 11 is -5.07. The van der Waals surface area contributed by atoms with Crippen LogP contribution in [0.1, 0.15) is 0 Å². The monoisotopic (exact) mass is 287 g/mol. The van der Waals surface area contributed by atoms with Crippen LogP contribution < -0.4 is 0 Å². The van der Waals surface area contributed by atoms with Gasteiger partial charge in [-0.2, -0.15) is 0 Å². The van der Waals surface area contributed by atoms with E-state index in [1.807, 2.05) is 0 Å². The predicted octanol–water partition coefficient (Wildman–Crippen LogP) is -0.159. The Morgan fingerprint density at radius 2 is 1.19 bits per heavy atom. The van der Waals surface area contributed by atoms with Gasteiger partial charge < -0.3 is 0 Å². The summed E-state index contributed by atoms with van der Waals surface area (Å²) in [6, 6.07) is 0. The van der Waals surface area contributed by atoms with E-state index in [0.717, 1.165) is 0 Å². The molecule has 0 radical (unpaired) electrons. The number of hydrogen-bond donors (Lipinski definition) is 3. The Hall–Kier alpha value is -1.57. The van der Waals surface area contributed by atoms with Gasteiger partial charge in [0.15, 0.2) is 0 Å².